The summed E-state index contributed by atoms with van der Waals surface area (Å²) in [5, 5.41) is 12.5. The van der Waals surface area contributed by atoms with Crippen LogP contribution in [-0.2, 0) is 0 Å². The first-order chi connectivity index (χ1) is 8.70. The summed E-state index contributed by atoms with van der Waals surface area (Å²) in [5.41, 5.74) is 1.29. The molecule has 0 aliphatic carbocycles. The summed E-state index contributed by atoms with van der Waals surface area (Å²) in [6.45, 7) is -0.170. The fraction of sp³-hybridized carbons (Fsp3) is 0.143. The molecule has 0 saturated heterocycles. The van der Waals surface area contributed by atoms with Crippen molar-refractivity contribution in [1.29, 1.82) is 0 Å². The van der Waals surface area contributed by atoms with Crippen molar-refractivity contribution in [2.45, 2.75) is 6.04 Å². The molecule has 4 heteroatoms. The Morgan fingerprint density at radius 1 is 1.11 bits per heavy atom. The number of anilines is 1. The number of benzene rings is 2. The van der Waals surface area contributed by atoms with Crippen LogP contribution in [0.2, 0.25) is 0 Å². The monoisotopic (exact) mass is 309 g/mol. The number of hydrogen-bond donors (Lipinski definition) is 2. The molecule has 94 valence electrons. The first kappa shape index (κ1) is 13.1. The average Bonchev–Trinajstić information content (AvgIpc) is 2.39. The lowest BCUT2D eigenvalue weighted by atomic mass is 10.1. The lowest BCUT2D eigenvalue weighted by Gasteiger charge is -2.18. The van der Waals surface area contributed by atoms with Gasteiger partial charge in [0.2, 0.25) is 0 Å². The number of nitrogens with one attached hydrogen (secondary N) is 1. The van der Waals surface area contributed by atoms with Gasteiger partial charge in [0.1, 0.15) is 5.82 Å². The standard InChI is InChI=1S/C14H13BrFNO/c15-10-5-7-11(8-6-10)17-14(9-18)12-3-1-2-4-13(12)16/h1-8,14,17-18H,9H2. The normalized spacial score (nSPS) is 12.2. The molecule has 2 aromatic rings. The quantitative estimate of drug-likeness (QED) is 0.902. The average molecular weight is 310 g/mol. The highest BCUT2D eigenvalue weighted by molar-refractivity contribution is 9.10. The maximum atomic E-state index is 13.6. The van der Waals surface area contributed by atoms with Gasteiger partial charge < -0.3 is 10.4 Å². The zero-order valence-electron chi connectivity index (χ0n) is 9.61. The Morgan fingerprint density at radius 2 is 1.78 bits per heavy atom. The zero-order valence-corrected chi connectivity index (χ0v) is 11.2. The predicted octanol–water partition coefficient (Wildman–Crippen LogP) is 3.73. The molecule has 0 amide bonds. The van der Waals surface area contributed by atoms with Gasteiger partial charge in [-0.15, -0.1) is 0 Å². The summed E-state index contributed by atoms with van der Waals surface area (Å²) >= 11 is 3.35. The third kappa shape index (κ3) is 3.09. The summed E-state index contributed by atoms with van der Waals surface area (Å²) in [4.78, 5) is 0. The molecule has 1 atom stereocenters. The van der Waals surface area contributed by atoms with E-state index in [0.717, 1.165) is 10.2 Å². The molecule has 0 aromatic heterocycles. The van der Waals surface area contributed by atoms with Crippen LogP contribution in [0, 0.1) is 5.82 Å². The Labute approximate surface area is 114 Å². The Hall–Kier alpha value is -1.39. The van der Waals surface area contributed by atoms with Crippen molar-refractivity contribution in [2.75, 3.05) is 11.9 Å². The molecule has 1 unspecified atom stereocenters. The predicted molar refractivity (Wildman–Crippen MR) is 74.0 cm³/mol. The van der Waals surface area contributed by atoms with Gasteiger partial charge in [-0.3, -0.25) is 0 Å². The van der Waals surface area contributed by atoms with Crippen LogP contribution >= 0.6 is 15.9 Å². The Kier molecular flexibility index (Phi) is 4.33. The van der Waals surface area contributed by atoms with Gasteiger partial charge in [-0.25, -0.2) is 4.39 Å². The Morgan fingerprint density at radius 3 is 2.39 bits per heavy atom. The molecule has 0 aliphatic rings. The molecule has 0 saturated carbocycles. The van der Waals surface area contributed by atoms with E-state index in [4.69, 9.17) is 0 Å². The second kappa shape index (κ2) is 5.98. The van der Waals surface area contributed by atoms with Gasteiger partial charge in [0.25, 0.3) is 0 Å². The zero-order chi connectivity index (χ0) is 13.0. The van der Waals surface area contributed by atoms with E-state index in [2.05, 4.69) is 21.2 Å². The van der Waals surface area contributed by atoms with Crippen LogP contribution in [0.25, 0.3) is 0 Å². The van der Waals surface area contributed by atoms with Crippen LogP contribution in [0.1, 0.15) is 11.6 Å². The molecule has 2 aromatic carbocycles. The van der Waals surface area contributed by atoms with Crippen molar-refractivity contribution in [1.82, 2.24) is 0 Å². The lowest BCUT2D eigenvalue weighted by Crippen LogP contribution is -2.16. The maximum Gasteiger partial charge on any atom is 0.128 e. The van der Waals surface area contributed by atoms with Crippen LogP contribution in [0.15, 0.2) is 53.0 Å². The molecule has 0 aliphatic heterocycles. The SMILES string of the molecule is OCC(Nc1ccc(Br)cc1)c1ccccc1F. The molecule has 0 heterocycles. The van der Waals surface area contributed by atoms with E-state index in [1.54, 1.807) is 18.2 Å². The van der Waals surface area contributed by atoms with Crippen molar-refractivity contribution < 1.29 is 9.50 Å². The first-order valence-corrected chi connectivity index (χ1v) is 6.37. The molecule has 0 bridgehead atoms. The van der Waals surface area contributed by atoms with Crippen molar-refractivity contribution in [2.24, 2.45) is 0 Å². The lowest BCUT2D eigenvalue weighted by molar-refractivity contribution is 0.274. The largest absolute Gasteiger partial charge is 0.394 e. The summed E-state index contributed by atoms with van der Waals surface area (Å²) < 4.78 is 14.6. The molecule has 0 spiro atoms. The van der Waals surface area contributed by atoms with Gasteiger partial charge in [0, 0.05) is 15.7 Å². The van der Waals surface area contributed by atoms with Crippen LogP contribution in [0.4, 0.5) is 10.1 Å². The fourth-order valence-electron chi connectivity index (χ4n) is 1.73. The van der Waals surface area contributed by atoms with Gasteiger partial charge in [0.15, 0.2) is 0 Å². The smallest absolute Gasteiger partial charge is 0.128 e. The van der Waals surface area contributed by atoms with Crippen LogP contribution in [0.5, 0.6) is 0 Å². The van der Waals surface area contributed by atoms with Crippen molar-refractivity contribution in [3.05, 3.63) is 64.4 Å². The van der Waals surface area contributed by atoms with Crippen molar-refractivity contribution in [3.63, 3.8) is 0 Å². The van der Waals surface area contributed by atoms with E-state index in [1.807, 2.05) is 24.3 Å². The van der Waals surface area contributed by atoms with E-state index in [0.29, 0.717) is 5.56 Å². The molecular weight excluding hydrogens is 297 g/mol. The van der Waals surface area contributed by atoms with Crippen molar-refractivity contribution in [3.8, 4) is 0 Å². The number of aliphatic hydroxyl groups excluding tert-OH is 1. The number of hydrogen-bond acceptors (Lipinski definition) is 2. The van der Waals surface area contributed by atoms with Gasteiger partial charge in [0.05, 0.1) is 12.6 Å². The van der Waals surface area contributed by atoms with E-state index in [1.165, 1.54) is 6.07 Å². The Balaban J connectivity index is 2.20. The molecule has 0 fully saturated rings. The van der Waals surface area contributed by atoms with Gasteiger partial charge in [-0.05, 0) is 30.3 Å². The summed E-state index contributed by atoms with van der Waals surface area (Å²) in [5.74, 6) is -0.318. The minimum Gasteiger partial charge on any atom is -0.394 e. The molecular formula is C14H13BrFNO. The molecule has 2 rings (SSSR count). The highest BCUT2D eigenvalue weighted by atomic mass is 79.9. The maximum absolute atomic E-state index is 13.6. The minimum atomic E-state index is -0.452. The first-order valence-electron chi connectivity index (χ1n) is 5.58. The van der Waals surface area contributed by atoms with Gasteiger partial charge in [-0.2, -0.15) is 0 Å². The number of rotatable bonds is 4. The fourth-order valence-corrected chi connectivity index (χ4v) is 1.99. The third-order valence-electron chi connectivity index (χ3n) is 2.65. The van der Waals surface area contributed by atoms with E-state index < -0.39 is 6.04 Å². The second-order valence-electron chi connectivity index (χ2n) is 3.91. The minimum absolute atomic E-state index is 0.170. The highest BCUT2D eigenvalue weighted by Crippen LogP contribution is 2.22. The van der Waals surface area contributed by atoms with Crippen LogP contribution < -0.4 is 5.32 Å². The second-order valence-corrected chi connectivity index (χ2v) is 4.82. The molecule has 18 heavy (non-hydrogen) atoms. The number of aliphatic hydroxyl groups is 1. The summed E-state index contributed by atoms with van der Waals surface area (Å²) in [7, 11) is 0. The number of halogens is 2. The van der Waals surface area contributed by atoms with E-state index in [-0.39, 0.29) is 12.4 Å². The van der Waals surface area contributed by atoms with Gasteiger partial charge in [-0.1, -0.05) is 34.1 Å². The summed E-state index contributed by atoms with van der Waals surface area (Å²) in [6, 6.07) is 13.5. The van der Waals surface area contributed by atoms with Crippen molar-refractivity contribution >= 4 is 21.6 Å². The van der Waals surface area contributed by atoms with Gasteiger partial charge >= 0.3 is 0 Å². The Bertz CT molecular complexity index is 515. The van der Waals surface area contributed by atoms with E-state index in [9.17, 15) is 9.50 Å². The highest BCUT2D eigenvalue weighted by Gasteiger charge is 2.13. The van der Waals surface area contributed by atoms with E-state index >= 15 is 0 Å². The molecule has 2 N–H and O–H groups in total. The van der Waals surface area contributed by atoms with Crippen LogP contribution in [0.3, 0.4) is 0 Å². The summed E-state index contributed by atoms with van der Waals surface area (Å²) in [6.07, 6.45) is 0. The molecule has 0 radical (unpaired) electrons. The third-order valence-corrected chi connectivity index (χ3v) is 3.18. The topological polar surface area (TPSA) is 32.3 Å². The molecule has 2 nitrogen and oxygen atoms in total. The van der Waals surface area contributed by atoms with Crippen LogP contribution in [-0.4, -0.2) is 11.7 Å².